The van der Waals surface area contributed by atoms with Gasteiger partial charge in [-0.15, -0.1) is 0 Å². The zero-order chi connectivity index (χ0) is 22.3. The second-order valence-electron chi connectivity index (χ2n) is 8.67. The normalized spacial score (nSPS) is 23.3. The van der Waals surface area contributed by atoms with E-state index in [4.69, 9.17) is 11.6 Å². The van der Waals surface area contributed by atoms with E-state index in [-0.39, 0.29) is 6.04 Å². The number of hydrogen-bond donors (Lipinski definition) is 1. The van der Waals surface area contributed by atoms with E-state index in [2.05, 4.69) is 22.3 Å². The third-order valence-corrected chi connectivity index (χ3v) is 7.10. The van der Waals surface area contributed by atoms with Gasteiger partial charge in [-0.25, -0.2) is 0 Å². The summed E-state index contributed by atoms with van der Waals surface area (Å²) in [6.07, 6.45) is -1.65. The van der Waals surface area contributed by atoms with Crippen LogP contribution >= 0.6 is 11.6 Å². The minimum Gasteiger partial charge on any atom is -0.382 e. The molecular formula is C26H24ClF3N2. The average Bonchev–Trinajstić information content (AvgIpc) is 2.80. The van der Waals surface area contributed by atoms with Crippen molar-refractivity contribution in [3.05, 3.63) is 100 Å². The largest absolute Gasteiger partial charge is 0.416 e. The number of rotatable bonds is 3. The Bertz CT molecular complexity index is 1100. The number of alkyl halides is 3. The number of hydrogen-bond acceptors (Lipinski definition) is 2. The summed E-state index contributed by atoms with van der Waals surface area (Å²) in [5.74, 6) is 0. The summed E-state index contributed by atoms with van der Waals surface area (Å²) in [6, 6.07) is 22.0. The maximum Gasteiger partial charge on any atom is 0.416 e. The van der Waals surface area contributed by atoms with Gasteiger partial charge in [0.25, 0.3) is 0 Å². The molecule has 1 N–H and O–H groups in total. The Labute approximate surface area is 191 Å². The van der Waals surface area contributed by atoms with E-state index in [9.17, 15) is 13.2 Å². The molecule has 1 saturated heterocycles. The molecule has 2 aliphatic rings. The van der Waals surface area contributed by atoms with E-state index in [1.54, 1.807) is 12.1 Å². The zero-order valence-corrected chi connectivity index (χ0v) is 18.3. The van der Waals surface area contributed by atoms with Crippen LogP contribution in [0.3, 0.4) is 0 Å². The molecule has 0 amide bonds. The molecule has 3 aromatic carbocycles. The molecule has 3 aromatic rings. The highest BCUT2D eigenvalue weighted by molar-refractivity contribution is 6.30. The lowest BCUT2D eigenvalue weighted by Gasteiger charge is -2.54. The Balaban J connectivity index is 1.57. The van der Waals surface area contributed by atoms with Gasteiger partial charge in [-0.1, -0.05) is 48.0 Å². The van der Waals surface area contributed by atoms with Gasteiger partial charge < -0.3 is 5.32 Å². The van der Waals surface area contributed by atoms with E-state index in [0.29, 0.717) is 5.02 Å². The monoisotopic (exact) mass is 456 g/mol. The van der Waals surface area contributed by atoms with E-state index in [1.165, 1.54) is 23.3 Å². The Morgan fingerprint density at radius 3 is 2.34 bits per heavy atom. The molecule has 0 aromatic heterocycles. The molecule has 6 heteroatoms. The van der Waals surface area contributed by atoms with Crippen LogP contribution in [0.25, 0.3) is 0 Å². The summed E-state index contributed by atoms with van der Waals surface area (Å²) in [5, 5.41) is 4.32. The third-order valence-electron chi connectivity index (χ3n) is 6.85. The average molecular weight is 457 g/mol. The quantitative estimate of drug-likeness (QED) is 0.469. The highest BCUT2D eigenvalue weighted by Crippen LogP contribution is 2.48. The van der Waals surface area contributed by atoms with Crippen LogP contribution in [0, 0.1) is 0 Å². The molecule has 2 unspecified atom stereocenters. The second kappa shape index (κ2) is 8.13. The Kier molecular flexibility index (Phi) is 5.42. The van der Waals surface area contributed by atoms with Crippen LogP contribution in [0.1, 0.15) is 35.1 Å². The van der Waals surface area contributed by atoms with E-state index < -0.39 is 17.3 Å². The van der Waals surface area contributed by atoms with Crippen molar-refractivity contribution in [2.45, 2.75) is 37.0 Å². The topological polar surface area (TPSA) is 15.3 Å². The van der Waals surface area contributed by atoms with Crippen LogP contribution in [0.4, 0.5) is 18.9 Å². The van der Waals surface area contributed by atoms with Crippen molar-refractivity contribution < 1.29 is 13.2 Å². The van der Waals surface area contributed by atoms with Gasteiger partial charge in [0.2, 0.25) is 0 Å². The molecule has 0 bridgehead atoms. The molecule has 0 aliphatic carbocycles. The van der Waals surface area contributed by atoms with Gasteiger partial charge in [0.05, 0.1) is 11.1 Å². The first-order valence-corrected chi connectivity index (χ1v) is 11.3. The van der Waals surface area contributed by atoms with Gasteiger partial charge in [-0.05, 0) is 72.4 Å². The van der Waals surface area contributed by atoms with E-state index in [0.717, 1.165) is 43.6 Å². The highest BCUT2D eigenvalue weighted by Gasteiger charge is 2.48. The smallest absolute Gasteiger partial charge is 0.382 e. The molecule has 2 atom stereocenters. The fourth-order valence-electron chi connectivity index (χ4n) is 5.37. The molecule has 2 nitrogen and oxygen atoms in total. The molecule has 166 valence electrons. The van der Waals surface area contributed by atoms with Crippen molar-refractivity contribution in [1.29, 1.82) is 0 Å². The van der Waals surface area contributed by atoms with Crippen molar-refractivity contribution in [3.63, 3.8) is 0 Å². The lowest BCUT2D eigenvalue weighted by Crippen LogP contribution is -2.57. The van der Waals surface area contributed by atoms with Crippen LogP contribution in [-0.2, 0) is 18.1 Å². The summed E-state index contributed by atoms with van der Waals surface area (Å²) in [7, 11) is 0. The standard InChI is InChI=1S/C26H24ClF3N2/c27-21-9-11-22(12-10-21)31-23-14-16-32-15-13-18-3-1-2-4-24(18)25(32,17-23)19-5-7-20(8-6-19)26(28,29)30/h1-12,23,31H,13-17H2. The number of nitrogens with zero attached hydrogens (tertiary/aromatic N) is 1. The summed E-state index contributed by atoms with van der Waals surface area (Å²) < 4.78 is 39.7. The number of benzene rings is 3. The van der Waals surface area contributed by atoms with Crippen molar-refractivity contribution in [1.82, 2.24) is 4.90 Å². The molecule has 0 saturated carbocycles. The van der Waals surface area contributed by atoms with Crippen molar-refractivity contribution in [2.75, 3.05) is 18.4 Å². The maximum atomic E-state index is 13.2. The molecule has 2 aliphatic heterocycles. The first-order valence-electron chi connectivity index (χ1n) is 10.9. The summed E-state index contributed by atoms with van der Waals surface area (Å²) in [4.78, 5) is 2.46. The fraction of sp³-hybridized carbons (Fsp3) is 0.308. The van der Waals surface area contributed by atoms with Crippen LogP contribution in [0.5, 0.6) is 0 Å². The first-order chi connectivity index (χ1) is 15.4. The number of fused-ring (bicyclic) bond motifs is 3. The summed E-state index contributed by atoms with van der Waals surface area (Å²) in [5.41, 5.74) is 3.32. The van der Waals surface area contributed by atoms with Gasteiger partial charge >= 0.3 is 6.18 Å². The van der Waals surface area contributed by atoms with Crippen molar-refractivity contribution in [2.24, 2.45) is 0 Å². The fourth-order valence-corrected chi connectivity index (χ4v) is 5.49. The second-order valence-corrected chi connectivity index (χ2v) is 9.11. The Hall–Kier alpha value is -2.50. The Morgan fingerprint density at radius 1 is 0.906 bits per heavy atom. The molecule has 1 fully saturated rings. The molecular weight excluding hydrogens is 433 g/mol. The van der Waals surface area contributed by atoms with Crippen LogP contribution in [0.15, 0.2) is 72.8 Å². The predicted octanol–water partition coefficient (Wildman–Crippen LogP) is 6.74. The van der Waals surface area contributed by atoms with E-state index in [1.807, 2.05) is 36.4 Å². The Morgan fingerprint density at radius 2 is 1.62 bits per heavy atom. The van der Waals surface area contributed by atoms with Gasteiger partial charge in [0.1, 0.15) is 0 Å². The molecule has 0 radical (unpaired) electrons. The molecule has 0 spiro atoms. The molecule has 5 rings (SSSR count). The number of nitrogens with one attached hydrogen (secondary N) is 1. The van der Waals surface area contributed by atoms with Crippen LogP contribution in [-0.4, -0.2) is 24.0 Å². The maximum absolute atomic E-state index is 13.2. The SMILES string of the molecule is FC(F)(F)c1ccc(C23CC(Nc4ccc(Cl)cc4)CCN2CCc2ccccc23)cc1. The van der Waals surface area contributed by atoms with Crippen molar-refractivity contribution in [3.8, 4) is 0 Å². The number of piperidine rings is 1. The lowest BCUT2D eigenvalue weighted by atomic mass is 9.69. The minimum absolute atomic E-state index is 0.181. The minimum atomic E-state index is -4.34. The summed E-state index contributed by atoms with van der Waals surface area (Å²) >= 11 is 6.03. The highest BCUT2D eigenvalue weighted by atomic mass is 35.5. The van der Waals surface area contributed by atoms with Crippen LogP contribution in [0.2, 0.25) is 5.02 Å². The lowest BCUT2D eigenvalue weighted by molar-refractivity contribution is -0.137. The zero-order valence-electron chi connectivity index (χ0n) is 17.5. The molecule has 32 heavy (non-hydrogen) atoms. The number of anilines is 1. The summed E-state index contributed by atoms with van der Waals surface area (Å²) in [6.45, 7) is 1.77. The van der Waals surface area contributed by atoms with Gasteiger partial charge in [0.15, 0.2) is 0 Å². The van der Waals surface area contributed by atoms with Gasteiger partial charge in [-0.3, -0.25) is 4.90 Å². The van der Waals surface area contributed by atoms with E-state index >= 15 is 0 Å². The van der Waals surface area contributed by atoms with Crippen LogP contribution < -0.4 is 5.32 Å². The predicted molar refractivity (Wildman–Crippen MR) is 122 cm³/mol. The first kappa shape index (κ1) is 21.4. The number of halogens is 4. The van der Waals surface area contributed by atoms with Gasteiger partial charge in [0, 0.05) is 29.8 Å². The van der Waals surface area contributed by atoms with Gasteiger partial charge in [-0.2, -0.15) is 13.2 Å². The third kappa shape index (κ3) is 3.78. The van der Waals surface area contributed by atoms with Crippen molar-refractivity contribution >= 4 is 17.3 Å². The molecule has 2 heterocycles.